The van der Waals surface area contributed by atoms with Crippen LogP contribution < -0.4 is 0 Å². The van der Waals surface area contributed by atoms with Gasteiger partial charge < -0.3 is 4.57 Å². The van der Waals surface area contributed by atoms with Crippen LogP contribution in [0.25, 0.3) is 6.08 Å². The Kier molecular flexibility index (Phi) is 3.23. The van der Waals surface area contributed by atoms with Crippen molar-refractivity contribution in [3.8, 4) is 0 Å². The van der Waals surface area contributed by atoms with Crippen LogP contribution in [-0.4, -0.2) is 15.3 Å². The van der Waals surface area contributed by atoms with E-state index >= 15 is 0 Å². The molecule has 11 heavy (non-hydrogen) atoms. The SMILES string of the molecule is Cn1cncc1C=CCCS. The molecule has 0 atom stereocenters. The van der Waals surface area contributed by atoms with Crippen molar-refractivity contribution in [3.05, 3.63) is 24.3 Å². The van der Waals surface area contributed by atoms with Crippen molar-refractivity contribution in [1.82, 2.24) is 9.55 Å². The standard InChI is InChI=1S/C8H12N2S/c1-10-7-9-6-8(10)4-2-3-5-11/h2,4,6-7,11H,3,5H2,1H3. The van der Waals surface area contributed by atoms with Gasteiger partial charge in [-0.1, -0.05) is 6.08 Å². The molecule has 2 nitrogen and oxygen atoms in total. The fourth-order valence-electron chi connectivity index (χ4n) is 0.807. The maximum absolute atomic E-state index is 4.10. The maximum Gasteiger partial charge on any atom is 0.0948 e. The number of hydrogen-bond acceptors (Lipinski definition) is 2. The number of aryl methyl sites for hydroxylation is 1. The van der Waals surface area contributed by atoms with E-state index in [0.717, 1.165) is 17.9 Å². The van der Waals surface area contributed by atoms with Crippen LogP contribution in [0.2, 0.25) is 0 Å². The van der Waals surface area contributed by atoms with Crippen molar-refractivity contribution in [3.63, 3.8) is 0 Å². The lowest BCUT2D eigenvalue weighted by atomic mass is 10.3. The van der Waals surface area contributed by atoms with E-state index in [1.165, 1.54) is 0 Å². The summed E-state index contributed by atoms with van der Waals surface area (Å²) in [5.74, 6) is 0.897. The molecule has 0 spiro atoms. The van der Waals surface area contributed by atoms with Crippen LogP contribution in [0.4, 0.5) is 0 Å². The zero-order valence-corrected chi connectivity index (χ0v) is 7.46. The van der Waals surface area contributed by atoms with Crippen molar-refractivity contribution in [2.45, 2.75) is 6.42 Å². The zero-order valence-electron chi connectivity index (χ0n) is 6.57. The Morgan fingerprint density at radius 3 is 3.09 bits per heavy atom. The molecule has 0 amide bonds. The minimum Gasteiger partial charge on any atom is -0.334 e. The lowest BCUT2D eigenvalue weighted by molar-refractivity contribution is 0.901. The number of allylic oxidation sites excluding steroid dienone is 1. The Labute approximate surface area is 72.4 Å². The molecular weight excluding hydrogens is 156 g/mol. The first-order valence-corrected chi connectivity index (χ1v) is 4.21. The molecular formula is C8H12N2S. The van der Waals surface area contributed by atoms with Gasteiger partial charge in [-0.25, -0.2) is 4.98 Å². The summed E-state index contributed by atoms with van der Waals surface area (Å²) >= 11 is 4.10. The Morgan fingerprint density at radius 2 is 2.55 bits per heavy atom. The highest BCUT2D eigenvalue weighted by Crippen LogP contribution is 2.00. The summed E-state index contributed by atoms with van der Waals surface area (Å²) in [5, 5.41) is 0. The number of hydrogen-bond donors (Lipinski definition) is 1. The number of aromatic nitrogens is 2. The number of rotatable bonds is 3. The van der Waals surface area contributed by atoms with Crippen LogP contribution in [-0.2, 0) is 7.05 Å². The summed E-state index contributed by atoms with van der Waals surface area (Å²) < 4.78 is 1.98. The minimum absolute atomic E-state index is 0.897. The van der Waals surface area contributed by atoms with Crippen LogP contribution >= 0.6 is 12.6 Å². The second kappa shape index (κ2) is 4.23. The van der Waals surface area contributed by atoms with Gasteiger partial charge in [-0.15, -0.1) is 0 Å². The van der Waals surface area contributed by atoms with Crippen LogP contribution in [0.1, 0.15) is 12.1 Å². The molecule has 1 heterocycles. The van der Waals surface area contributed by atoms with Gasteiger partial charge in [-0.2, -0.15) is 12.6 Å². The Bertz CT molecular complexity index is 240. The number of imidazole rings is 1. The average Bonchev–Trinajstić information content (AvgIpc) is 2.37. The van der Waals surface area contributed by atoms with Crippen molar-refractivity contribution >= 4 is 18.7 Å². The smallest absolute Gasteiger partial charge is 0.0948 e. The molecule has 0 aliphatic heterocycles. The summed E-state index contributed by atoms with van der Waals surface area (Å²) in [5.41, 5.74) is 1.13. The molecule has 0 N–H and O–H groups in total. The predicted octanol–water partition coefficient (Wildman–Crippen LogP) is 1.75. The zero-order chi connectivity index (χ0) is 8.10. The van der Waals surface area contributed by atoms with Crippen LogP contribution in [0.5, 0.6) is 0 Å². The molecule has 0 radical (unpaired) electrons. The highest BCUT2D eigenvalue weighted by Gasteiger charge is 1.89. The third-order valence-corrected chi connectivity index (χ3v) is 1.70. The molecule has 0 fully saturated rings. The summed E-state index contributed by atoms with van der Waals surface area (Å²) in [4.78, 5) is 3.99. The van der Waals surface area contributed by atoms with E-state index in [1.807, 2.05) is 17.8 Å². The average molecular weight is 168 g/mol. The van der Waals surface area contributed by atoms with Crippen LogP contribution in [0.3, 0.4) is 0 Å². The molecule has 0 aliphatic rings. The van der Waals surface area contributed by atoms with Gasteiger partial charge in [0.1, 0.15) is 0 Å². The molecule has 60 valence electrons. The van der Waals surface area contributed by atoms with Gasteiger partial charge >= 0.3 is 0 Å². The van der Waals surface area contributed by atoms with Crippen molar-refractivity contribution in [2.75, 3.05) is 5.75 Å². The van der Waals surface area contributed by atoms with E-state index in [2.05, 4.69) is 29.8 Å². The van der Waals surface area contributed by atoms with Crippen molar-refractivity contribution in [1.29, 1.82) is 0 Å². The summed E-state index contributed by atoms with van der Waals surface area (Å²) in [6, 6.07) is 0. The first kappa shape index (κ1) is 8.40. The maximum atomic E-state index is 4.10. The van der Waals surface area contributed by atoms with E-state index in [-0.39, 0.29) is 0 Å². The van der Waals surface area contributed by atoms with E-state index in [0.29, 0.717) is 0 Å². The van der Waals surface area contributed by atoms with Gasteiger partial charge in [0.05, 0.1) is 18.2 Å². The Morgan fingerprint density at radius 1 is 1.73 bits per heavy atom. The van der Waals surface area contributed by atoms with Gasteiger partial charge in [-0.05, 0) is 18.2 Å². The first-order valence-electron chi connectivity index (χ1n) is 3.58. The third-order valence-electron chi connectivity index (χ3n) is 1.44. The monoisotopic (exact) mass is 168 g/mol. The molecule has 0 aliphatic carbocycles. The number of thiol groups is 1. The van der Waals surface area contributed by atoms with Crippen LogP contribution in [0.15, 0.2) is 18.6 Å². The molecule has 0 aromatic carbocycles. The predicted molar refractivity (Wildman–Crippen MR) is 50.7 cm³/mol. The lowest BCUT2D eigenvalue weighted by Crippen LogP contribution is -1.86. The van der Waals surface area contributed by atoms with E-state index in [4.69, 9.17) is 0 Å². The van der Waals surface area contributed by atoms with Crippen molar-refractivity contribution < 1.29 is 0 Å². The fourth-order valence-corrected chi connectivity index (χ4v) is 0.956. The Hall–Kier alpha value is -0.700. The van der Waals surface area contributed by atoms with Crippen LogP contribution in [0, 0.1) is 0 Å². The quantitative estimate of drug-likeness (QED) is 0.681. The number of nitrogens with zero attached hydrogens (tertiary/aromatic N) is 2. The largest absolute Gasteiger partial charge is 0.334 e. The first-order chi connectivity index (χ1) is 5.34. The second-order valence-electron chi connectivity index (χ2n) is 2.34. The van der Waals surface area contributed by atoms with Gasteiger partial charge in [0.25, 0.3) is 0 Å². The lowest BCUT2D eigenvalue weighted by Gasteiger charge is -1.92. The highest BCUT2D eigenvalue weighted by molar-refractivity contribution is 7.80. The summed E-state index contributed by atoms with van der Waals surface area (Å²) in [6.07, 6.45) is 8.80. The Balaban J connectivity index is 2.56. The molecule has 1 aromatic rings. The second-order valence-corrected chi connectivity index (χ2v) is 2.79. The normalized spacial score (nSPS) is 11.1. The molecule has 3 heteroatoms. The highest BCUT2D eigenvalue weighted by atomic mass is 32.1. The minimum atomic E-state index is 0.897. The van der Waals surface area contributed by atoms with Gasteiger partial charge in [-0.3, -0.25) is 0 Å². The fraction of sp³-hybridized carbons (Fsp3) is 0.375. The molecule has 0 bridgehead atoms. The summed E-state index contributed by atoms with van der Waals surface area (Å²) in [7, 11) is 1.98. The van der Waals surface area contributed by atoms with Gasteiger partial charge in [0, 0.05) is 7.05 Å². The van der Waals surface area contributed by atoms with Crippen molar-refractivity contribution in [2.24, 2.45) is 7.05 Å². The van der Waals surface area contributed by atoms with E-state index in [1.54, 1.807) is 6.33 Å². The van der Waals surface area contributed by atoms with Gasteiger partial charge in [0.2, 0.25) is 0 Å². The topological polar surface area (TPSA) is 17.8 Å². The summed E-state index contributed by atoms with van der Waals surface area (Å²) in [6.45, 7) is 0. The van der Waals surface area contributed by atoms with E-state index in [9.17, 15) is 0 Å². The van der Waals surface area contributed by atoms with Gasteiger partial charge in [0.15, 0.2) is 0 Å². The third kappa shape index (κ3) is 2.42. The molecule has 0 unspecified atom stereocenters. The molecule has 1 rings (SSSR count). The molecule has 0 saturated heterocycles. The molecule has 1 aromatic heterocycles. The van der Waals surface area contributed by atoms with E-state index < -0.39 is 0 Å². The molecule has 0 saturated carbocycles.